The van der Waals surface area contributed by atoms with Gasteiger partial charge >= 0.3 is 0 Å². The summed E-state index contributed by atoms with van der Waals surface area (Å²) in [7, 11) is 0. The highest BCUT2D eigenvalue weighted by atomic mass is 16.3. The van der Waals surface area contributed by atoms with Crippen LogP contribution in [0.5, 0.6) is 0 Å². The molecule has 0 aliphatic rings. The zero-order valence-corrected chi connectivity index (χ0v) is 40.9. The van der Waals surface area contributed by atoms with Gasteiger partial charge in [-0.1, -0.05) is 254 Å². The number of unbranched alkanes of at least 4 members (excludes halogenated alkanes) is 34. The van der Waals surface area contributed by atoms with Gasteiger partial charge in [0, 0.05) is 6.42 Å². The van der Waals surface area contributed by atoms with Gasteiger partial charge in [-0.25, -0.2) is 0 Å². The lowest BCUT2D eigenvalue weighted by Crippen LogP contribution is -2.45. The lowest BCUT2D eigenvalue weighted by atomic mass is 10.0. The third kappa shape index (κ3) is 49.0. The summed E-state index contributed by atoms with van der Waals surface area (Å²) in [6.07, 6.45) is 73.7. The Morgan fingerprint density at radius 1 is 0.393 bits per heavy atom. The quantitative estimate of drug-likeness (QED) is 0.0422. The van der Waals surface area contributed by atoms with Crippen LogP contribution in [0.3, 0.4) is 0 Å². The molecule has 0 fully saturated rings. The number of allylic oxidation sites excluding steroid dienone is 9. The Balaban J connectivity index is 3.58. The van der Waals surface area contributed by atoms with Crippen LogP contribution in [0.25, 0.3) is 0 Å². The van der Waals surface area contributed by atoms with Gasteiger partial charge < -0.3 is 15.5 Å². The summed E-state index contributed by atoms with van der Waals surface area (Å²) in [4.78, 5) is 12.5. The van der Waals surface area contributed by atoms with Crippen molar-refractivity contribution in [1.29, 1.82) is 0 Å². The van der Waals surface area contributed by atoms with Gasteiger partial charge in [-0.3, -0.25) is 4.79 Å². The Morgan fingerprint density at radius 2 is 0.689 bits per heavy atom. The van der Waals surface area contributed by atoms with Gasteiger partial charge in [-0.2, -0.15) is 0 Å². The second-order valence-corrected chi connectivity index (χ2v) is 18.3. The molecule has 0 saturated heterocycles. The van der Waals surface area contributed by atoms with Gasteiger partial charge in [0.05, 0.1) is 18.8 Å². The summed E-state index contributed by atoms with van der Waals surface area (Å²) >= 11 is 0. The van der Waals surface area contributed by atoms with E-state index in [0.29, 0.717) is 6.42 Å². The number of hydrogen-bond acceptors (Lipinski definition) is 3. The topological polar surface area (TPSA) is 69.6 Å². The fourth-order valence-electron chi connectivity index (χ4n) is 8.07. The number of hydrogen-bond donors (Lipinski definition) is 3. The zero-order valence-electron chi connectivity index (χ0n) is 40.9. The van der Waals surface area contributed by atoms with Crippen LogP contribution in [0.15, 0.2) is 60.8 Å². The summed E-state index contributed by atoms with van der Waals surface area (Å²) in [6, 6.07) is -0.649. The van der Waals surface area contributed by atoms with Crippen LogP contribution in [-0.2, 0) is 4.79 Å². The minimum absolute atomic E-state index is 0.0792. The van der Waals surface area contributed by atoms with Crippen LogP contribution in [0.1, 0.15) is 277 Å². The molecule has 0 heterocycles. The van der Waals surface area contributed by atoms with E-state index in [1.165, 1.54) is 212 Å². The van der Waals surface area contributed by atoms with Gasteiger partial charge in [-0.15, -0.1) is 0 Å². The molecule has 0 spiro atoms. The molecular formula is C57H105NO3. The molecule has 4 nitrogen and oxygen atoms in total. The molecule has 0 aliphatic carbocycles. The fraction of sp³-hybridized carbons (Fsp3) is 0.807. The number of carbonyl (C=O) groups is 1. The van der Waals surface area contributed by atoms with Crippen molar-refractivity contribution in [3.8, 4) is 0 Å². The Labute approximate surface area is 381 Å². The van der Waals surface area contributed by atoms with Crippen molar-refractivity contribution < 1.29 is 15.0 Å². The molecule has 0 saturated carbocycles. The molecule has 0 aromatic rings. The number of aliphatic hydroxyl groups excluding tert-OH is 2. The first-order valence-corrected chi connectivity index (χ1v) is 27.0. The van der Waals surface area contributed by atoms with E-state index in [4.69, 9.17) is 0 Å². The third-order valence-electron chi connectivity index (χ3n) is 12.2. The molecule has 0 radical (unpaired) electrons. The molecule has 0 aliphatic heterocycles. The maximum Gasteiger partial charge on any atom is 0.220 e. The van der Waals surface area contributed by atoms with E-state index in [-0.39, 0.29) is 12.5 Å². The normalized spacial score (nSPS) is 13.3. The fourth-order valence-corrected chi connectivity index (χ4v) is 8.07. The van der Waals surface area contributed by atoms with Crippen molar-refractivity contribution in [1.82, 2.24) is 5.32 Å². The minimum atomic E-state index is -0.874. The first-order chi connectivity index (χ1) is 30.2. The Hall–Kier alpha value is -1.91. The van der Waals surface area contributed by atoms with Crippen LogP contribution in [0, 0.1) is 0 Å². The molecular weight excluding hydrogens is 747 g/mol. The Bertz CT molecular complexity index is 1010. The van der Waals surface area contributed by atoms with Gasteiger partial charge in [0.1, 0.15) is 0 Å². The highest BCUT2D eigenvalue weighted by molar-refractivity contribution is 5.76. The van der Waals surface area contributed by atoms with Crippen molar-refractivity contribution >= 4 is 5.91 Å². The predicted molar refractivity (Wildman–Crippen MR) is 271 cm³/mol. The second-order valence-electron chi connectivity index (χ2n) is 18.3. The molecule has 0 rings (SSSR count). The Kier molecular flexibility index (Phi) is 50.8. The second kappa shape index (κ2) is 52.4. The summed E-state index contributed by atoms with van der Waals surface area (Å²) < 4.78 is 0. The maximum atomic E-state index is 12.5. The van der Waals surface area contributed by atoms with Gasteiger partial charge in [-0.05, 0) is 77.0 Å². The molecule has 61 heavy (non-hydrogen) atoms. The van der Waals surface area contributed by atoms with E-state index < -0.39 is 12.1 Å². The molecule has 0 aromatic carbocycles. The average Bonchev–Trinajstić information content (AvgIpc) is 3.26. The SMILES string of the molecule is CCCCCCCCCCC/C=C\C/C=C\CCCCCCCCCCCCCC(=O)NC(CO)C(O)/C=C/CC/C=C/CC/C=C/CCCCCCCCCCCCCC. The van der Waals surface area contributed by atoms with E-state index in [9.17, 15) is 15.0 Å². The lowest BCUT2D eigenvalue weighted by Gasteiger charge is -2.19. The summed E-state index contributed by atoms with van der Waals surface area (Å²) in [5.74, 6) is -0.0792. The van der Waals surface area contributed by atoms with Gasteiger partial charge in [0.2, 0.25) is 5.91 Å². The Morgan fingerprint density at radius 3 is 1.05 bits per heavy atom. The summed E-state index contributed by atoms with van der Waals surface area (Å²) in [6.45, 7) is 4.31. The third-order valence-corrected chi connectivity index (χ3v) is 12.2. The largest absolute Gasteiger partial charge is 0.394 e. The van der Waals surface area contributed by atoms with E-state index in [0.717, 1.165) is 44.9 Å². The highest BCUT2D eigenvalue weighted by Crippen LogP contribution is 2.15. The summed E-state index contributed by atoms with van der Waals surface area (Å²) in [5, 5.41) is 23.1. The monoisotopic (exact) mass is 852 g/mol. The van der Waals surface area contributed by atoms with E-state index >= 15 is 0 Å². The van der Waals surface area contributed by atoms with Crippen LogP contribution < -0.4 is 5.32 Å². The molecule has 2 unspecified atom stereocenters. The van der Waals surface area contributed by atoms with Gasteiger partial charge in [0.25, 0.3) is 0 Å². The average molecular weight is 852 g/mol. The first kappa shape index (κ1) is 59.1. The molecule has 4 heteroatoms. The van der Waals surface area contributed by atoms with Gasteiger partial charge in [0.15, 0.2) is 0 Å². The molecule has 0 aromatic heterocycles. The molecule has 1 amide bonds. The molecule has 0 bridgehead atoms. The number of amides is 1. The lowest BCUT2D eigenvalue weighted by molar-refractivity contribution is -0.123. The van der Waals surface area contributed by atoms with Crippen molar-refractivity contribution in [3.05, 3.63) is 60.8 Å². The predicted octanol–water partition coefficient (Wildman–Crippen LogP) is 17.6. The van der Waals surface area contributed by atoms with Crippen molar-refractivity contribution in [2.24, 2.45) is 0 Å². The number of rotatable bonds is 49. The molecule has 356 valence electrons. The molecule has 2 atom stereocenters. The van der Waals surface area contributed by atoms with Crippen molar-refractivity contribution in [3.63, 3.8) is 0 Å². The van der Waals surface area contributed by atoms with Crippen molar-refractivity contribution in [2.75, 3.05) is 6.61 Å². The van der Waals surface area contributed by atoms with E-state index in [1.54, 1.807) is 6.08 Å². The number of nitrogens with one attached hydrogen (secondary N) is 1. The van der Waals surface area contributed by atoms with Crippen LogP contribution in [0.2, 0.25) is 0 Å². The minimum Gasteiger partial charge on any atom is -0.394 e. The smallest absolute Gasteiger partial charge is 0.220 e. The molecule has 3 N–H and O–H groups in total. The first-order valence-electron chi connectivity index (χ1n) is 27.0. The van der Waals surface area contributed by atoms with Crippen molar-refractivity contribution in [2.45, 2.75) is 289 Å². The number of carbonyl (C=O) groups excluding carboxylic acids is 1. The van der Waals surface area contributed by atoms with Crippen LogP contribution >= 0.6 is 0 Å². The zero-order chi connectivity index (χ0) is 44.2. The van der Waals surface area contributed by atoms with E-state index in [1.807, 2.05) is 6.08 Å². The maximum absolute atomic E-state index is 12.5. The standard InChI is InChI=1S/C57H105NO3/c1-3-5-7-9-11-13-15-17-19-21-23-25-27-28-29-30-31-33-35-37-39-41-43-45-47-49-51-53-57(61)58-55(54-59)56(60)52-50-48-46-44-42-40-38-36-34-32-26-24-22-20-18-16-14-12-10-8-6-4-2/h23,25,28-29,34,36,42,44,50,52,55-56,59-60H,3-22,24,26-27,30-33,35,37-41,43,45-49,51,53-54H2,1-2H3,(H,58,61)/b25-23-,29-28-,36-34+,44-42+,52-50+. The number of aliphatic hydroxyl groups is 2. The van der Waals surface area contributed by atoms with E-state index in [2.05, 4.69) is 67.8 Å². The highest BCUT2D eigenvalue weighted by Gasteiger charge is 2.17. The van der Waals surface area contributed by atoms with Crippen LogP contribution in [0.4, 0.5) is 0 Å². The summed E-state index contributed by atoms with van der Waals surface area (Å²) in [5.41, 5.74) is 0. The van der Waals surface area contributed by atoms with Crippen LogP contribution in [-0.4, -0.2) is 34.9 Å².